The fourth-order valence-electron chi connectivity index (χ4n) is 1.87. The van der Waals surface area contributed by atoms with Crippen LogP contribution in [-0.4, -0.2) is 11.1 Å². The fourth-order valence-corrected chi connectivity index (χ4v) is 1.87. The van der Waals surface area contributed by atoms with E-state index in [2.05, 4.69) is 0 Å². The zero-order valence-electron chi connectivity index (χ0n) is 9.66. The Kier molecular flexibility index (Phi) is 4.05. The summed E-state index contributed by atoms with van der Waals surface area (Å²) in [6.07, 6.45) is 1.61. The van der Waals surface area contributed by atoms with Gasteiger partial charge in [0.2, 0.25) is 0 Å². The molecule has 0 saturated carbocycles. The number of hydrogen-bond acceptors (Lipinski definition) is 1. The van der Waals surface area contributed by atoms with E-state index in [0.29, 0.717) is 19.3 Å². The lowest BCUT2D eigenvalue weighted by Crippen LogP contribution is -2.32. The number of carboxylic acids is 1. The first-order valence-electron chi connectivity index (χ1n) is 5.52. The van der Waals surface area contributed by atoms with Crippen molar-refractivity contribution in [3.63, 3.8) is 0 Å². The Hall–Kier alpha value is -1.38. The van der Waals surface area contributed by atoms with Crippen LogP contribution in [0, 0.1) is 11.2 Å². The average Bonchev–Trinajstić information content (AvgIpc) is 2.28. The quantitative estimate of drug-likeness (QED) is 0.833. The minimum atomic E-state index is -0.776. The normalized spacial score (nSPS) is 11.4. The highest BCUT2D eigenvalue weighted by Crippen LogP contribution is 2.31. The molecular weight excluding hydrogens is 207 g/mol. The molecule has 0 saturated heterocycles. The molecule has 0 aliphatic heterocycles. The number of halogens is 1. The van der Waals surface area contributed by atoms with E-state index in [0.717, 1.165) is 5.56 Å². The number of aliphatic carboxylic acids is 1. The molecule has 0 aliphatic carbocycles. The molecule has 1 aromatic rings. The summed E-state index contributed by atoms with van der Waals surface area (Å²) in [6, 6.07) is 6.04. The number of hydrogen-bond donors (Lipinski definition) is 1. The van der Waals surface area contributed by atoms with Crippen LogP contribution in [0.2, 0.25) is 0 Å². The lowest BCUT2D eigenvalue weighted by molar-refractivity contribution is -0.149. The molecule has 0 aliphatic rings. The van der Waals surface area contributed by atoms with Gasteiger partial charge in [-0.3, -0.25) is 4.79 Å². The van der Waals surface area contributed by atoms with Crippen molar-refractivity contribution in [1.29, 1.82) is 0 Å². The second kappa shape index (κ2) is 5.10. The highest BCUT2D eigenvalue weighted by molar-refractivity contribution is 5.75. The van der Waals surface area contributed by atoms with Gasteiger partial charge in [-0.2, -0.15) is 0 Å². The van der Waals surface area contributed by atoms with Gasteiger partial charge in [0, 0.05) is 0 Å². The molecule has 0 spiro atoms. The number of carboxylic acid groups (broad SMARTS) is 1. The molecular formula is C13H17FO2. The van der Waals surface area contributed by atoms with Gasteiger partial charge in [-0.15, -0.1) is 0 Å². The maximum absolute atomic E-state index is 12.7. The van der Waals surface area contributed by atoms with Gasteiger partial charge >= 0.3 is 5.97 Å². The van der Waals surface area contributed by atoms with E-state index < -0.39 is 11.4 Å². The van der Waals surface area contributed by atoms with Crippen LogP contribution in [0.5, 0.6) is 0 Å². The minimum Gasteiger partial charge on any atom is -0.481 e. The zero-order chi connectivity index (χ0) is 12.2. The molecule has 2 nitrogen and oxygen atoms in total. The number of rotatable bonds is 5. The third-order valence-corrected chi connectivity index (χ3v) is 3.26. The molecule has 3 heteroatoms. The topological polar surface area (TPSA) is 37.3 Å². The summed E-state index contributed by atoms with van der Waals surface area (Å²) in [7, 11) is 0. The van der Waals surface area contributed by atoms with E-state index >= 15 is 0 Å². The Labute approximate surface area is 95.1 Å². The molecule has 0 fully saturated rings. The monoisotopic (exact) mass is 224 g/mol. The lowest BCUT2D eigenvalue weighted by Gasteiger charge is -2.26. The minimum absolute atomic E-state index is 0.294. The van der Waals surface area contributed by atoms with Gasteiger partial charge in [-0.05, 0) is 37.0 Å². The van der Waals surface area contributed by atoms with Crippen LogP contribution in [0.15, 0.2) is 24.3 Å². The molecule has 0 aromatic heterocycles. The van der Waals surface area contributed by atoms with E-state index in [1.165, 1.54) is 12.1 Å². The van der Waals surface area contributed by atoms with Crippen LogP contribution < -0.4 is 0 Å². The molecule has 0 unspecified atom stereocenters. The predicted molar refractivity (Wildman–Crippen MR) is 60.8 cm³/mol. The predicted octanol–water partition coefficient (Wildman–Crippen LogP) is 3.26. The lowest BCUT2D eigenvalue weighted by atomic mass is 9.77. The van der Waals surface area contributed by atoms with E-state index in [4.69, 9.17) is 0 Å². The summed E-state index contributed by atoms with van der Waals surface area (Å²) in [5.74, 6) is -1.07. The van der Waals surface area contributed by atoms with Crippen molar-refractivity contribution >= 4 is 5.97 Å². The molecule has 0 bridgehead atoms. The smallest absolute Gasteiger partial charge is 0.309 e. The van der Waals surface area contributed by atoms with Crippen molar-refractivity contribution in [2.75, 3.05) is 0 Å². The summed E-state index contributed by atoms with van der Waals surface area (Å²) >= 11 is 0. The first-order valence-corrected chi connectivity index (χ1v) is 5.52. The average molecular weight is 224 g/mol. The van der Waals surface area contributed by atoms with Crippen molar-refractivity contribution in [3.05, 3.63) is 35.6 Å². The summed E-state index contributed by atoms with van der Waals surface area (Å²) < 4.78 is 12.7. The third-order valence-electron chi connectivity index (χ3n) is 3.26. The van der Waals surface area contributed by atoms with Crippen molar-refractivity contribution < 1.29 is 14.3 Å². The van der Waals surface area contributed by atoms with Gasteiger partial charge in [0.05, 0.1) is 5.41 Å². The Morgan fingerprint density at radius 2 is 1.75 bits per heavy atom. The molecule has 0 atom stereocenters. The van der Waals surface area contributed by atoms with Crippen LogP contribution in [0.4, 0.5) is 4.39 Å². The van der Waals surface area contributed by atoms with Crippen LogP contribution in [0.3, 0.4) is 0 Å². The number of benzene rings is 1. The summed E-state index contributed by atoms with van der Waals surface area (Å²) in [4.78, 5) is 11.3. The Balaban J connectivity index is 2.91. The maximum atomic E-state index is 12.7. The molecule has 1 aromatic carbocycles. The van der Waals surface area contributed by atoms with Crippen LogP contribution in [-0.2, 0) is 11.2 Å². The van der Waals surface area contributed by atoms with Gasteiger partial charge in [0.25, 0.3) is 0 Å². The van der Waals surface area contributed by atoms with Crippen LogP contribution in [0.1, 0.15) is 32.3 Å². The number of carbonyl (C=O) groups is 1. The molecule has 0 heterocycles. The van der Waals surface area contributed by atoms with E-state index in [9.17, 15) is 14.3 Å². The molecule has 1 N–H and O–H groups in total. The van der Waals surface area contributed by atoms with Crippen LogP contribution in [0.25, 0.3) is 0 Å². The molecule has 1 rings (SSSR count). The summed E-state index contributed by atoms with van der Waals surface area (Å²) in [5, 5.41) is 9.27. The fraction of sp³-hybridized carbons (Fsp3) is 0.462. The van der Waals surface area contributed by atoms with Gasteiger partial charge in [-0.1, -0.05) is 26.0 Å². The van der Waals surface area contributed by atoms with Gasteiger partial charge in [0.1, 0.15) is 5.82 Å². The van der Waals surface area contributed by atoms with Crippen LogP contribution >= 0.6 is 0 Å². The van der Waals surface area contributed by atoms with E-state index in [1.54, 1.807) is 12.1 Å². The SMILES string of the molecule is CCC(CC)(Cc1ccc(F)cc1)C(=O)O. The highest BCUT2D eigenvalue weighted by Gasteiger charge is 2.34. The van der Waals surface area contributed by atoms with Crippen molar-refractivity contribution in [2.24, 2.45) is 5.41 Å². The van der Waals surface area contributed by atoms with Gasteiger partial charge in [0.15, 0.2) is 0 Å². The second-order valence-electron chi connectivity index (χ2n) is 4.10. The van der Waals surface area contributed by atoms with E-state index in [1.807, 2.05) is 13.8 Å². The molecule has 0 amide bonds. The van der Waals surface area contributed by atoms with Crippen molar-refractivity contribution in [2.45, 2.75) is 33.1 Å². The van der Waals surface area contributed by atoms with E-state index in [-0.39, 0.29) is 5.82 Å². The Bertz CT molecular complexity index is 353. The molecule has 0 radical (unpaired) electrons. The third kappa shape index (κ3) is 2.60. The second-order valence-corrected chi connectivity index (χ2v) is 4.10. The summed E-state index contributed by atoms with van der Waals surface area (Å²) in [5.41, 5.74) is 0.144. The van der Waals surface area contributed by atoms with Gasteiger partial charge < -0.3 is 5.11 Å². The zero-order valence-corrected chi connectivity index (χ0v) is 9.66. The van der Waals surface area contributed by atoms with Crippen molar-refractivity contribution in [3.8, 4) is 0 Å². The first-order chi connectivity index (χ1) is 7.54. The standard InChI is InChI=1S/C13H17FO2/c1-3-13(4-2,12(15)16)9-10-5-7-11(14)8-6-10/h5-8H,3-4,9H2,1-2H3,(H,15,16). The molecule has 16 heavy (non-hydrogen) atoms. The highest BCUT2D eigenvalue weighted by atomic mass is 19.1. The first kappa shape index (κ1) is 12.7. The maximum Gasteiger partial charge on any atom is 0.309 e. The van der Waals surface area contributed by atoms with Gasteiger partial charge in [-0.25, -0.2) is 4.39 Å². The summed E-state index contributed by atoms with van der Waals surface area (Å²) in [6.45, 7) is 3.75. The van der Waals surface area contributed by atoms with Crippen molar-refractivity contribution in [1.82, 2.24) is 0 Å². The molecule has 88 valence electrons. The Morgan fingerprint density at radius 3 is 2.12 bits per heavy atom. The largest absolute Gasteiger partial charge is 0.481 e. The Morgan fingerprint density at radius 1 is 1.25 bits per heavy atom.